The largest absolute Gasteiger partial charge is 0.310 e. The van der Waals surface area contributed by atoms with Gasteiger partial charge >= 0.3 is 0 Å². The second-order valence-corrected chi connectivity index (χ2v) is 31.1. The van der Waals surface area contributed by atoms with E-state index in [1.54, 1.807) is 0 Å². The first-order valence-corrected chi connectivity index (χ1v) is 40.5. The molecule has 8 heteroatoms. The van der Waals surface area contributed by atoms with Gasteiger partial charge in [0.25, 0.3) is 0 Å². The van der Waals surface area contributed by atoms with Gasteiger partial charge in [-0.25, -0.2) is 8.78 Å². The van der Waals surface area contributed by atoms with E-state index < -0.39 is 0 Å². The fraction of sp³-hybridized carbons (Fsp3) is 0.0270. The standard InChI is InChI=1S/C60H40F2N4.C51H38N2/c61-43-23-31-49(32-24-43)65-57-17-9-7-15-53(57)55-39-51(35-37-59(55)65)63(45-11-3-1-4-12-45)47-27-19-41(20-28-47)42-21-29-48(30-22-42)64(46-13-5-2-6-14-46)52-36-38-60-56(40-52)54-16-8-10-18-58(54)66(60)50-33-25-44(62)26-34-50;1-51(2)47-19-11-9-17-43(47)44-31-30-42(34-48(44)51)52(40-26-21-36(22-27-40)35-13-5-3-6-14-35)41-28-23-37(24-29-41)38-25-32-50-46(33-38)45-18-10-12-20-49(45)53(50)39-15-7-4-8-16-39/h1-40H;3-34H,1-2H3. The third-order valence-electron chi connectivity index (χ3n) is 23.8. The van der Waals surface area contributed by atoms with Crippen molar-refractivity contribution in [3.05, 3.63) is 460 Å². The first-order valence-electron chi connectivity index (χ1n) is 40.5. The first kappa shape index (κ1) is 71.4. The average molecular weight is 1530 g/mol. The van der Waals surface area contributed by atoms with Crippen molar-refractivity contribution < 1.29 is 8.78 Å². The fourth-order valence-corrected chi connectivity index (χ4v) is 18.1. The summed E-state index contributed by atoms with van der Waals surface area (Å²) in [5.41, 5.74) is 31.7. The maximum atomic E-state index is 14.0. The summed E-state index contributed by atoms with van der Waals surface area (Å²) in [6.07, 6.45) is 0. The second kappa shape index (κ2) is 29.8. The number of hydrogen-bond acceptors (Lipinski definition) is 3. The van der Waals surface area contributed by atoms with E-state index >= 15 is 0 Å². The summed E-state index contributed by atoms with van der Waals surface area (Å²) in [4.78, 5) is 6.98. The molecular formula is C111H78F2N6. The quantitative estimate of drug-likeness (QED) is 0.102. The molecule has 22 rings (SSSR count). The van der Waals surface area contributed by atoms with Crippen molar-refractivity contribution in [1.29, 1.82) is 0 Å². The summed E-state index contributed by atoms with van der Waals surface area (Å²) >= 11 is 0. The molecule has 0 aliphatic heterocycles. The number of rotatable bonds is 15. The SMILES string of the molecule is CC1(C)c2ccccc2-c2ccc(N(c3ccc(-c4ccccc4)cc3)c3ccc(-c4ccc5c(c4)c4ccccc4n5-c4ccccc4)cc3)cc21.Fc1ccc(-n2c3ccccc3c3cc(N(c4ccccc4)c4ccc(-c5ccc(N(c6ccccc6)c6ccc7c(c6)c6ccccc6n7-c6ccc(F)cc6)cc5)cc4)ccc32)cc1. The van der Waals surface area contributed by atoms with Crippen LogP contribution in [0.4, 0.5) is 60.0 Å². The molecule has 1 aliphatic carbocycles. The number of nitrogens with zero attached hydrogens (tertiary/aromatic N) is 6. The predicted molar refractivity (Wildman–Crippen MR) is 494 cm³/mol. The van der Waals surface area contributed by atoms with Crippen molar-refractivity contribution in [2.45, 2.75) is 19.3 Å². The smallest absolute Gasteiger partial charge is 0.123 e. The minimum atomic E-state index is -0.255. The number of fused-ring (bicyclic) bond motifs is 12. The highest BCUT2D eigenvalue weighted by Gasteiger charge is 2.36. The molecule has 3 aromatic heterocycles. The molecule has 0 N–H and O–H groups in total. The Kier molecular flexibility index (Phi) is 17.9. The Balaban J connectivity index is 0.000000151. The van der Waals surface area contributed by atoms with Crippen LogP contribution in [0.25, 0.3) is 127 Å². The zero-order chi connectivity index (χ0) is 79.7. The molecule has 0 bridgehead atoms. The molecule has 3 heterocycles. The second-order valence-electron chi connectivity index (χ2n) is 31.1. The summed E-state index contributed by atoms with van der Waals surface area (Å²) in [6, 6.07) is 153. The minimum absolute atomic E-state index is 0.0864. The number of aromatic nitrogens is 3. The molecule has 0 atom stereocenters. The topological polar surface area (TPSA) is 24.5 Å². The van der Waals surface area contributed by atoms with Crippen molar-refractivity contribution >= 4 is 117 Å². The van der Waals surface area contributed by atoms with E-state index in [1.807, 2.05) is 48.5 Å². The van der Waals surface area contributed by atoms with Gasteiger partial charge in [0, 0.05) is 106 Å². The third-order valence-corrected chi connectivity index (χ3v) is 23.8. The highest BCUT2D eigenvalue weighted by molar-refractivity contribution is 6.13. The predicted octanol–water partition coefficient (Wildman–Crippen LogP) is 30.7. The van der Waals surface area contributed by atoms with Gasteiger partial charge in [0.15, 0.2) is 0 Å². The lowest BCUT2D eigenvalue weighted by atomic mass is 9.82. The molecule has 0 spiro atoms. The van der Waals surface area contributed by atoms with E-state index in [0.717, 1.165) is 117 Å². The summed E-state index contributed by atoms with van der Waals surface area (Å²) < 4.78 is 34.8. The highest BCUT2D eigenvalue weighted by atomic mass is 19.1. The monoisotopic (exact) mass is 1530 g/mol. The number of hydrogen-bond donors (Lipinski definition) is 0. The summed E-state index contributed by atoms with van der Waals surface area (Å²) in [5.74, 6) is -0.510. The maximum Gasteiger partial charge on any atom is 0.123 e. The Morgan fingerprint density at radius 1 is 0.193 bits per heavy atom. The molecule has 566 valence electrons. The van der Waals surface area contributed by atoms with Crippen LogP contribution in [0.3, 0.4) is 0 Å². The average Bonchev–Trinajstić information content (AvgIpc) is 1.58. The van der Waals surface area contributed by atoms with Crippen LogP contribution in [0, 0.1) is 11.6 Å². The maximum absolute atomic E-state index is 14.0. The first-order chi connectivity index (χ1) is 58.6. The van der Waals surface area contributed by atoms with E-state index in [4.69, 9.17) is 0 Å². The molecule has 119 heavy (non-hydrogen) atoms. The van der Waals surface area contributed by atoms with Gasteiger partial charge in [-0.3, -0.25) is 0 Å². The summed E-state index contributed by atoms with van der Waals surface area (Å²) in [6.45, 7) is 4.70. The van der Waals surface area contributed by atoms with Gasteiger partial charge in [-0.15, -0.1) is 0 Å². The van der Waals surface area contributed by atoms with Gasteiger partial charge in [-0.05, 0) is 268 Å². The number of para-hydroxylation sites is 6. The van der Waals surface area contributed by atoms with Crippen LogP contribution in [0.2, 0.25) is 0 Å². The van der Waals surface area contributed by atoms with Crippen LogP contribution in [0.15, 0.2) is 437 Å². The highest BCUT2D eigenvalue weighted by Crippen LogP contribution is 2.52. The Morgan fingerprint density at radius 2 is 0.471 bits per heavy atom. The van der Waals surface area contributed by atoms with Gasteiger partial charge < -0.3 is 28.4 Å². The number of benzene rings is 18. The van der Waals surface area contributed by atoms with Crippen molar-refractivity contribution in [1.82, 2.24) is 13.7 Å². The van der Waals surface area contributed by atoms with E-state index in [9.17, 15) is 8.78 Å². The molecule has 6 nitrogen and oxygen atoms in total. The molecule has 1 aliphatic rings. The van der Waals surface area contributed by atoms with Crippen LogP contribution >= 0.6 is 0 Å². The zero-order valence-electron chi connectivity index (χ0n) is 65.5. The molecule has 21 aromatic rings. The lowest BCUT2D eigenvalue weighted by Crippen LogP contribution is -2.16. The van der Waals surface area contributed by atoms with Gasteiger partial charge in [-0.1, -0.05) is 238 Å². The van der Waals surface area contributed by atoms with Crippen molar-refractivity contribution in [3.63, 3.8) is 0 Å². The van der Waals surface area contributed by atoms with E-state index in [1.165, 1.54) is 96.3 Å². The van der Waals surface area contributed by atoms with Crippen LogP contribution in [-0.2, 0) is 5.41 Å². The van der Waals surface area contributed by atoms with Crippen LogP contribution in [-0.4, -0.2) is 13.7 Å². The Morgan fingerprint density at radius 3 is 0.899 bits per heavy atom. The van der Waals surface area contributed by atoms with Crippen LogP contribution in [0.1, 0.15) is 25.0 Å². The Hall–Kier alpha value is -15.4. The van der Waals surface area contributed by atoms with Crippen molar-refractivity contribution in [2.75, 3.05) is 14.7 Å². The molecule has 0 fully saturated rings. The van der Waals surface area contributed by atoms with Crippen molar-refractivity contribution in [3.8, 4) is 61.6 Å². The lowest BCUT2D eigenvalue weighted by Gasteiger charge is -2.28. The number of halogens is 2. The molecule has 0 saturated heterocycles. The molecule has 18 aromatic carbocycles. The summed E-state index contributed by atoms with van der Waals surface area (Å²) in [7, 11) is 0. The molecule has 0 unspecified atom stereocenters. The third kappa shape index (κ3) is 12.8. The number of anilines is 9. The van der Waals surface area contributed by atoms with Gasteiger partial charge in [-0.2, -0.15) is 0 Å². The Bertz CT molecular complexity index is 7100. The molecule has 0 saturated carbocycles. The van der Waals surface area contributed by atoms with Gasteiger partial charge in [0.05, 0.1) is 33.1 Å². The molecule has 0 amide bonds. The van der Waals surface area contributed by atoms with E-state index in [0.29, 0.717) is 0 Å². The fourth-order valence-electron chi connectivity index (χ4n) is 18.1. The summed E-state index contributed by atoms with van der Waals surface area (Å²) in [5, 5.41) is 7.01. The van der Waals surface area contributed by atoms with Crippen LogP contribution in [0.5, 0.6) is 0 Å². The molecule has 0 radical (unpaired) electrons. The van der Waals surface area contributed by atoms with Crippen LogP contribution < -0.4 is 14.7 Å². The van der Waals surface area contributed by atoms with Gasteiger partial charge in [0.1, 0.15) is 11.6 Å². The van der Waals surface area contributed by atoms with E-state index in [2.05, 4.69) is 406 Å². The normalized spacial score (nSPS) is 12.1. The minimum Gasteiger partial charge on any atom is -0.310 e. The van der Waals surface area contributed by atoms with E-state index in [-0.39, 0.29) is 17.0 Å². The lowest BCUT2D eigenvalue weighted by molar-refractivity contribution is 0.627. The Labute approximate surface area is 689 Å². The molecular weight excluding hydrogens is 1460 g/mol. The van der Waals surface area contributed by atoms with Gasteiger partial charge in [0.2, 0.25) is 0 Å². The van der Waals surface area contributed by atoms with Crippen molar-refractivity contribution in [2.24, 2.45) is 0 Å². The zero-order valence-corrected chi connectivity index (χ0v) is 65.5.